The van der Waals surface area contributed by atoms with Gasteiger partial charge in [0.2, 0.25) is 0 Å². The molecule has 0 atom stereocenters. The van der Waals surface area contributed by atoms with E-state index < -0.39 is 0 Å². The summed E-state index contributed by atoms with van der Waals surface area (Å²) in [6, 6.07) is 5.18. The van der Waals surface area contributed by atoms with Gasteiger partial charge in [-0.3, -0.25) is 4.79 Å². The molecule has 3 heteroatoms. The molecule has 2 nitrogen and oxygen atoms in total. The van der Waals surface area contributed by atoms with Crippen LogP contribution < -0.4 is 4.74 Å². The second-order valence-corrected chi connectivity index (χ2v) is 3.86. The summed E-state index contributed by atoms with van der Waals surface area (Å²) in [7, 11) is 0. The van der Waals surface area contributed by atoms with Crippen molar-refractivity contribution < 1.29 is 9.53 Å². The maximum atomic E-state index is 10.6. The van der Waals surface area contributed by atoms with Gasteiger partial charge in [0.05, 0.1) is 11.6 Å². The van der Waals surface area contributed by atoms with E-state index in [1.807, 2.05) is 0 Å². The van der Waals surface area contributed by atoms with Crippen LogP contribution in [0.4, 0.5) is 0 Å². The molecule has 0 saturated carbocycles. The third kappa shape index (κ3) is 2.74. The van der Waals surface area contributed by atoms with Crippen molar-refractivity contribution >= 4 is 17.9 Å². The molecule has 0 amide bonds. The molecular weight excluding hydrogens is 200 g/mol. The normalized spacial score (nSPS) is 10.3. The lowest BCUT2D eigenvalue weighted by Gasteiger charge is -2.10. The number of aldehydes is 1. The third-order valence-corrected chi connectivity index (χ3v) is 2.10. The zero-order valence-corrected chi connectivity index (χ0v) is 9.04. The highest BCUT2D eigenvalue weighted by atomic mass is 35.5. The summed E-state index contributed by atoms with van der Waals surface area (Å²) in [5.74, 6) is 1.01. The van der Waals surface area contributed by atoms with Crippen LogP contribution in [0.5, 0.6) is 5.75 Å². The van der Waals surface area contributed by atoms with E-state index in [4.69, 9.17) is 16.3 Å². The highest BCUT2D eigenvalue weighted by molar-refractivity contribution is 6.34. The van der Waals surface area contributed by atoms with E-state index in [9.17, 15) is 4.79 Å². The highest BCUT2D eigenvalue weighted by Crippen LogP contribution is 2.27. The third-order valence-electron chi connectivity index (χ3n) is 1.69. The molecule has 1 aromatic carbocycles. The van der Waals surface area contributed by atoms with Gasteiger partial charge in [-0.25, -0.2) is 0 Å². The van der Waals surface area contributed by atoms with E-state index in [2.05, 4.69) is 13.8 Å². The number of ether oxygens (including phenoxy) is 1. The van der Waals surface area contributed by atoms with Gasteiger partial charge in [0.15, 0.2) is 6.29 Å². The molecule has 14 heavy (non-hydrogen) atoms. The van der Waals surface area contributed by atoms with Crippen molar-refractivity contribution in [3.05, 3.63) is 28.8 Å². The maximum absolute atomic E-state index is 10.6. The molecular formula is C11H13ClO2. The van der Waals surface area contributed by atoms with Crippen LogP contribution in [0.15, 0.2) is 18.2 Å². The Morgan fingerprint density at radius 2 is 2.21 bits per heavy atom. The lowest BCUT2D eigenvalue weighted by Crippen LogP contribution is -2.05. The average Bonchev–Trinajstić information content (AvgIpc) is 2.16. The van der Waals surface area contributed by atoms with E-state index >= 15 is 0 Å². The largest absolute Gasteiger partial charge is 0.492 e. The number of carbonyl (C=O) groups excluding carboxylic acids is 1. The summed E-state index contributed by atoms with van der Waals surface area (Å²) in [6.07, 6.45) is 0.727. The molecule has 0 fully saturated rings. The Labute approximate surface area is 88.8 Å². The van der Waals surface area contributed by atoms with Gasteiger partial charge in [0.25, 0.3) is 0 Å². The van der Waals surface area contributed by atoms with E-state index in [-0.39, 0.29) is 0 Å². The van der Waals surface area contributed by atoms with Crippen molar-refractivity contribution in [3.63, 3.8) is 0 Å². The molecule has 0 radical (unpaired) electrons. The molecule has 0 aliphatic rings. The van der Waals surface area contributed by atoms with Gasteiger partial charge in [-0.1, -0.05) is 31.5 Å². The molecule has 0 aliphatic carbocycles. The summed E-state index contributed by atoms with van der Waals surface area (Å²) in [6.45, 7) is 4.71. The standard InChI is InChI=1S/C11H13ClO2/c1-8(2)7-14-10-5-3-4-9(6-13)11(10)12/h3-6,8H,7H2,1-2H3. The minimum atomic E-state index is 0.392. The number of halogens is 1. The Balaban J connectivity index is 2.81. The van der Waals surface area contributed by atoms with Crippen LogP contribution in [-0.2, 0) is 0 Å². The van der Waals surface area contributed by atoms with E-state index in [0.29, 0.717) is 28.9 Å². The number of benzene rings is 1. The Kier molecular flexibility index (Phi) is 3.96. The van der Waals surface area contributed by atoms with Crippen molar-refractivity contribution in [1.82, 2.24) is 0 Å². The molecule has 0 aliphatic heterocycles. The highest BCUT2D eigenvalue weighted by Gasteiger charge is 2.06. The molecule has 76 valence electrons. The summed E-state index contributed by atoms with van der Waals surface area (Å²) in [5.41, 5.74) is 0.466. The first kappa shape index (κ1) is 11.1. The second-order valence-electron chi connectivity index (χ2n) is 3.48. The molecule has 0 heterocycles. The topological polar surface area (TPSA) is 26.3 Å². The molecule has 1 aromatic rings. The van der Waals surface area contributed by atoms with E-state index in [1.54, 1.807) is 18.2 Å². The van der Waals surface area contributed by atoms with Gasteiger partial charge in [0.1, 0.15) is 5.75 Å². The van der Waals surface area contributed by atoms with E-state index in [1.165, 1.54) is 0 Å². The van der Waals surface area contributed by atoms with Crippen LogP contribution in [0.25, 0.3) is 0 Å². The molecule has 0 bridgehead atoms. The smallest absolute Gasteiger partial charge is 0.151 e. The summed E-state index contributed by atoms with van der Waals surface area (Å²) >= 11 is 5.94. The first-order valence-corrected chi connectivity index (χ1v) is 4.89. The molecule has 1 rings (SSSR count). The molecule has 0 unspecified atom stereocenters. The summed E-state index contributed by atoms with van der Waals surface area (Å²) in [4.78, 5) is 10.6. The van der Waals surface area contributed by atoms with Crippen LogP contribution >= 0.6 is 11.6 Å². The molecule has 0 spiro atoms. The first-order valence-electron chi connectivity index (χ1n) is 4.51. The Bertz CT molecular complexity index is 321. The zero-order valence-electron chi connectivity index (χ0n) is 8.29. The van der Waals surface area contributed by atoms with Gasteiger partial charge in [-0.05, 0) is 18.1 Å². The van der Waals surface area contributed by atoms with Crippen molar-refractivity contribution in [2.75, 3.05) is 6.61 Å². The van der Waals surface area contributed by atoms with Crippen molar-refractivity contribution in [3.8, 4) is 5.75 Å². The molecule has 0 aromatic heterocycles. The molecule has 0 saturated heterocycles. The first-order chi connectivity index (χ1) is 6.65. The average molecular weight is 213 g/mol. The number of hydrogen-bond donors (Lipinski definition) is 0. The number of carbonyl (C=O) groups is 1. The molecule has 0 N–H and O–H groups in total. The fourth-order valence-corrected chi connectivity index (χ4v) is 1.21. The van der Waals surface area contributed by atoms with Gasteiger partial charge in [-0.2, -0.15) is 0 Å². The predicted molar refractivity (Wildman–Crippen MR) is 57.2 cm³/mol. The maximum Gasteiger partial charge on any atom is 0.151 e. The minimum Gasteiger partial charge on any atom is -0.492 e. The Hall–Kier alpha value is -1.02. The van der Waals surface area contributed by atoms with Crippen molar-refractivity contribution in [1.29, 1.82) is 0 Å². The lowest BCUT2D eigenvalue weighted by molar-refractivity contribution is 0.112. The van der Waals surface area contributed by atoms with Crippen LogP contribution in [0.2, 0.25) is 5.02 Å². The number of hydrogen-bond acceptors (Lipinski definition) is 2. The van der Waals surface area contributed by atoms with Crippen LogP contribution in [-0.4, -0.2) is 12.9 Å². The van der Waals surface area contributed by atoms with Crippen LogP contribution in [0, 0.1) is 5.92 Å². The van der Waals surface area contributed by atoms with Gasteiger partial charge in [0, 0.05) is 5.56 Å². The Morgan fingerprint density at radius 3 is 2.79 bits per heavy atom. The zero-order chi connectivity index (χ0) is 10.6. The van der Waals surface area contributed by atoms with Crippen LogP contribution in [0.1, 0.15) is 24.2 Å². The summed E-state index contributed by atoms with van der Waals surface area (Å²) in [5, 5.41) is 0.392. The lowest BCUT2D eigenvalue weighted by atomic mass is 10.2. The van der Waals surface area contributed by atoms with Gasteiger partial charge >= 0.3 is 0 Å². The van der Waals surface area contributed by atoms with Crippen molar-refractivity contribution in [2.24, 2.45) is 5.92 Å². The SMILES string of the molecule is CC(C)COc1cccc(C=O)c1Cl. The number of rotatable bonds is 4. The predicted octanol–water partition coefficient (Wildman–Crippen LogP) is 3.19. The monoisotopic (exact) mass is 212 g/mol. The fraction of sp³-hybridized carbons (Fsp3) is 0.364. The van der Waals surface area contributed by atoms with Gasteiger partial charge < -0.3 is 4.74 Å². The quantitative estimate of drug-likeness (QED) is 0.717. The van der Waals surface area contributed by atoms with E-state index in [0.717, 1.165) is 6.29 Å². The van der Waals surface area contributed by atoms with Crippen molar-refractivity contribution in [2.45, 2.75) is 13.8 Å². The van der Waals surface area contributed by atoms with Gasteiger partial charge in [-0.15, -0.1) is 0 Å². The fourth-order valence-electron chi connectivity index (χ4n) is 0.987. The minimum absolute atomic E-state index is 0.392. The van der Waals surface area contributed by atoms with Crippen LogP contribution in [0.3, 0.4) is 0 Å². The summed E-state index contributed by atoms with van der Waals surface area (Å²) < 4.78 is 5.45. The Morgan fingerprint density at radius 1 is 1.50 bits per heavy atom. The second kappa shape index (κ2) is 5.01.